The Balaban J connectivity index is 1.84. The Hall–Kier alpha value is -1.98. The van der Waals surface area contributed by atoms with Gasteiger partial charge in [0.25, 0.3) is 0 Å². The number of benzene rings is 1. The molecule has 4 nitrogen and oxygen atoms in total. The van der Waals surface area contributed by atoms with Gasteiger partial charge in [0.1, 0.15) is 5.69 Å². The third kappa shape index (κ3) is 2.71. The SMILES string of the molecule is C[C@@H]1CN(c2nnc(-c3cccs3)c3ccccc23)C[C@H](C)O1. The normalized spacial score (nSPS) is 21.7. The molecule has 0 unspecified atom stereocenters. The quantitative estimate of drug-likeness (QED) is 0.714. The second kappa shape index (κ2) is 5.91. The number of fused-ring (bicyclic) bond motifs is 1. The number of hydrogen-bond acceptors (Lipinski definition) is 5. The molecule has 0 radical (unpaired) electrons. The molecule has 23 heavy (non-hydrogen) atoms. The van der Waals surface area contributed by atoms with Crippen LogP contribution >= 0.6 is 11.3 Å². The molecule has 0 saturated carbocycles. The molecule has 1 fully saturated rings. The maximum Gasteiger partial charge on any atom is 0.159 e. The van der Waals surface area contributed by atoms with Crippen molar-refractivity contribution in [3.63, 3.8) is 0 Å². The summed E-state index contributed by atoms with van der Waals surface area (Å²) in [5.74, 6) is 0.961. The Morgan fingerprint density at radius 2 is 1.74 bits per heavy atom. The van der Waals surface area contributed by atoms with Crippen LogP contribution in [0, 0.1) is 0 Å². The first-order valence-corrected chi connectivity index (χ1v) is 8.80. The van der Waals surface area contributed by atoms with Gasteiger partial charge in [0.15, 0.2) is 5.82 Å². The maximum atomic E-state index is 5.84. The molecular weight excluding hydrogens is 306 g/mol. The number of anilines is 1. The average Bonchev–Trinajstić information content (AvgIpc) is 3.07. The molecule has 118 valence electrons. The number of ether oxygens (including phenoxy) is 1. The first-order chi connectivity index (χ1) is 11.2. The van der Waals surface area contributed by atoms with Crippen molar-refractivity contribution in [2.75, 3.05) is 18.0 Å². The zero-order valence-corrected chi connectivity index (χ0v) is 14.1. The third-order valence-electron chi connectivity index (χ3n) is 4.14. The highest BCUT2D eigenvalue weighted by Gasteiger charge is 2.25. The monoisotopic (exact) mass is 325 g/mol. The van der Waals surface area contributed by atoms with Crippen LogP contribution in [0.2, 0.25) is 0 Å². The van der Waals surface area contributed by atoms with Gasteiger partial charge < -0.3 is 9.64 Å². The molecule has 1 aliphatic rings. The molecule has 0 bridgehead atoms. The number of nitrogens with zero attached hydrogens (tertiary/aromatic N) is 3. The Labute approximate surface area is 139 Å². The molecule has 0 aliphatic carbocycles. The van der Waals surface area contributed by atoms with Crippen LogP contribution in [0.5, 0.6) is 0 Å². The summed E-state index contributed by atoms with van der Waals surface area (Å²) in [6.07, 6.45) is 0.410. The molecule has 0 N–H and O–H groups in total. The van der Waals surface area contributed by atoms with Crippen molar-refractivity contribution >= 4 is 27.9 Å². The molecule has 0 spiro atoms. The lowest BCUT2D eigenvalue weighted by molar-refractivity contribution is -0.00540. The topological polar surface area (TPSA) is 38.2 Å². The smallest absolute Gasteiger partial charge is 0.159 e. The van der Waals surface area contributed by atoms with Crippen LogP contribution in [-0.2, 0) is 4.74 Å². The first-order valence-electron chi connectivity index (χ1n) is 7.92. The fourth-order valence-electron chi connectivity index (χ4n) is 3.27. The highest BCUT2D eigenvalue weighted by atomic mass is 32.1. The summed E-state index contributed by atoms with van der Waals surface area (Å²) in [5, 5.41) is 13.5. The molecule has 2 atom stereocenters. The van der Waals surface area contributed by atoms with E-state index in [9.17, 15) is 0 Å². The Morgan fingerprint density at radius 3 is 2.43 bits per heavy atom. The second-order valence-corrected chi connectivity index (χ2v) is 7.01. The van der Waals surface area contributed by atoms with Crippen LogP contribution in [0.1, 0.15) is 13.8 Å². The summed E-state index contributed by atoms with van der Waals surface area (Å²) in [6, 6.07) is 12.6. The molecule has 1 aromatic carbocycles. The predicted octanol–water partition coefficient (Wildman–Crippen LogP) is 3.97. The van der Waals surface area contributed by atoms with E-state index in [4.69, 9.17) is 4.74 Å². The van der Waals surface area contributed by atoms with Gasteiger partial charge in [-0.1, -0.05) is 30.3 Å². The molecule has 1 saturated heterocycles. The van der Waals surface area contributed by atoms with Gasteiger partial charge in [-0.25, -0.2) is 0 Å². The Bertz CT molecular complexity index is 808. The lowest BCUT2D eigenvalue weighted by Gasteiger charge is -2.36. The van der Waals surface area contributed by atoms with Crippen molar-refractivity contribution in [1.29, 1.82) is 0 Å². The van der Waals surface area contributed by atoms with E-state index >= 15 is 0 Å². The number of aromatic nitrogens is 2. The maximum absolute atomic E-state index is 5.84. The van der Waals surface area contributed by atoms with Gasteiger partial charge in [-0.3, -0.25) is 0 Å². The van der Waals surface area contributed by atoms with Crippen molar-refractivity contribution in [1.82, 2.24) is 10.2 Å². The van der Waals surface area contributed by atoms with Crippen molar-refractivity contribution in [3.8, 4) is 10.6 Å². The van der Waals surface area contributed by atoms with Gasteiger partial charge >= 0.3 is 0 Å². The second-order valence-electron chi connectivity index (χ2n) is 6.06. The highest BCUT2D eigenvalue weighted by molar-refractivity contribution is 7.13. The van der Waals surface area contributed by atoms with Crippen molar-refractivity contribution in [2.24, 2.45) is 0 Å². The third-order valence-corrected chi connectivity index (χ3v) is 5.02. The molecule has 4 rings (SSSR count). The summed E-state index contributed by atoms with van der Waals surface area (Å²) >= 11 is 1.70. The van der Waals surface area contributed by atoms with Gasteiger partial charge in [-0.05, 0) is 25.3 Å². The van der Waals surface area contributed by atoms with Crippen LogP contribution in [-0.4, -0.2) is 35.5 Å². The van der Waals surface area contributed by atoms with Crippen LogP contribution in [0.4, 0.5) is 5.82 Å². The minimum Gasteiger partial charge on any atom is -0.372 e. The van der Waals surface area contributed by atoms with Crippen LogP contribution < -0.4 is 4.90 Å². The molecule has 3 aromatic rings. The predicted molar refractivity (Wildman–Crippen MR) is 95.1 cm³/mol. The summed E-state index contributed by atoms with van der Waals surface area (Å²) in [5.41, 5.74) is 0.966. The van der Waals surface area contributed by atoms with Gasteiger partial charge in [0.05, 0.1) is 17.1 Å². The van der Waals surface area contributed by atoms with Gasteiger partial charge in [0.2, 0.25) is 0 Å². The van der Waals surface area contributed by atoms with E-state index < -0.39 is 0 Å². The molecule has 5 heteroatoms. The number of thiophene rings is 1. The van der Waals surface area contributed by atoms with Crippen molar-refractivity contribution in [2.45, 2.75) is 26.1 Å². The van der Waals surface area contributed by atoms with Gasteiger partial charge in [-0.2, -0.15) is 0 Å². The molecular formula is C18H19N3OS. The molecule has 2 aromatic heterocycles. The van der Waals surface area contributed by atoms with Crippen LogP contribution in [0.15, 0.2) is 41.8 Å². The van der Waals surface area contributed by atoms with E-state index in [0.29, 0.717) is 0 Å². The largest absolute Gasteiger partial charge is 0.372 e. The van der Waals surface area contributed by atoms with E-state index in [-0.39, 0.29) is 12.2 Å². The summed E-state index contributed by atoms with van der Waals surface area (Å²) < 4.78 is 5.84. The van der Waals surface area contributed by atoms with E-state index in [1.165, 1.54) is 0 Å². The van der Waals surface area contributed by atoms with Gasteiger partial charge in [0, 0.05) is 23.9 Å². The number of rotatable bonds is 2. The van der Waals surface area contributed by atoms with Gasteiger partial charge in [-0.15, -0.1) is 21.5 Å². The lowest BCUT2D eigenvalue weighted by atomic mass is 10.1. The van der Waals surface area contributed by atoms with Crippen LogP contribution in [0.3, 0.4) is 0 Å². The summed E-state index contributed by atoms with van der Waals surface area (Å²) in [7, 11) is 0. The molecule has 1 aliphatic heterocycles. The van der Waals surface area contributed by atoms with E-state index in [1.807, 2.05) is 0 Å². The molecule has 3 heterocycles. The zero-order chi connectivity index (χ0) is 15.8. The minimum atomic E-state index is 0.205. The minimum absolute atomic E-state index is 0.205. The summed E-state index contributed by atoms with van der Waals surface area (Å²) in [4.78, 5) is 3.45. The summed E-state index contributed by atoms with van der Waals surface area (Å²) in [6.45, 7) is 5.92. The first kappa shape index (κ1) is 14.6. The zero-order valence-electron chi connectivity index (χ0n) is 13.3. The van der Waals surface area contributed by atoms with E-state index in [0.717, 1.165) is 40.3 Å². The fraction of sp³-hybridized carbons (Fsp3) is 0.333. The fourth-order valence-corrected chi connectivity index (χ4v) is 3.99. The van der Waals surface area contributed by atoms with Crippen molar-refractivity contribution in [3.05, 3.63) is 41.8 Å². The lowest BCUT2D eigenvalue weighted by Crippen LogP contribution is -2.46. The Kier molecular flexibility index (Phi) is 3.75. The van der Waals surface area contributed by atoms with Crippen molar-refractivity contribution < 1.29 is 4.74 Å². The van der Waals surface area contributed by atoms with E-state index in [2.05, 4.69) is 70.7 Å². The average molecular weight is 325 g/mol. The number of morpholine rings is 1. The van der Waals surface area contributed by atoms with Crippen LogP contribution in [0.25, 0.3) is 21.3 Å². The number of hydrogen-bond donors (Lipinski definition) is 0. The van der Waals surface area contributed by atoms with E-state index in [1.54, 1.807) is 11.3 Å². The highest BCUT2D eigenvalue weighted by Crippen LogP contribution is 2.34. The standard InChI is InChI=1S/C18H19N3OS/c1-12-10-21(11-13(2)22-12)18-15-7-4-3-6-14(15)17(19-20-18)16-8-5-9-23-16/h3-9,12-13H,10-11H2,1-2H3/t12-,13+. The Morgan fingerprint density at radius 1 is 1.00 bits per heavy atom. The molecule has 0 amide bonds.